The number of hydrogen-bond acceptors (Lipinski definition) is 8. The second-order valence-corrected chi connectivity index (χ2v) is 5.63. The van der Waals surface area contributed by atoms with Crippen molar-refractivity contribution in [3.05, 3.63) is 66.5 Å². The fraction of sp³-hybridized carbons (Fsp3) is 0.105. The van der Waals surface area contributed by atoms with Gasteiger partial charge in [0.2, 0.25) is 5.82 Å². The smallest absolute Gasteiger partial charge is 0.278 e. The minimum absolute atomic E-state index is 0.310. The van der Waals surface area contributed by atoms with Gasteiger partial charge in [0.05, 0.1) is 19.3 Å². The van der Waals surface area contributed by atoms with Crippen LogP contribution in [-0.2, 0) is 6.54 Å². The summed E-state index contributed by atoms with van der Waals surface area (Å²) in [6.45, 7) is 0.567. The first kappa shape index (κ1) is 16.6. The van der Waals surface area contributed by atoms with Crippen LogP contribution in [0.3, 0.4) is 0 Å². The van der Waals surface area contributed by atoms with Crippen molar-refractivity contribution in [2.24, 2.45) is 0 Å². The molecule has 0 aliphatic heterocycles. The van der Waals surface area contributed by atoms with Gasteiger partial charge in [0, 0.05) is 11.8 Å². The third-order valence-electron chi connectivity index (χ3n) is 3.83. The number of pyridine rings is 1. The summed E-state index contributed by atoms with van der Waals surface area (Å²) in [4.78, 5) is 8.63. The molecule has 0 saturated carbocycles. The van der Waals surface area contributed by atoms with E-state index < -0.39 is 0 Å². The molecule has 27 heavy (non-hydrogen) atoms. The van der Waals surface area contributed by atoms with Crippen molar-refractivity contribution in [3.8, 4) is 28.7 Å². The minimum Gasteiger partial charge on any atom is -0.497 e. The van der Waals surface area contributed by atoms with E-state index in [-0.39, 0.29) is 0 Å². The standard InChI is InChI=1S/C19H16N6O2/c1-26-15-7-5-13(6-8-15)18-22-19(27-25-18)16-9-10-17(24-23-16)21-12-14-4-2-3-11-20-14/h2-11H,12H2,1H3,(H,21,24). The SMILES string of the molecule is COc1ccc(-c2noc(-c3ccc(NCc4ccccn4)nn3)n2)cc1. The molecule has 134 valence electrons. The van der Waals surface area contributed by atoms with Crippen molar-refractivity contribution in [1.29, 1.82) is 0 Å². The minimum atomic E-state index is 0.310. The van der Waals surface area contributed by atoms with E-state index in [9.17, 15) is 0 Å². The fourth-order valence-electron chi connectivity index (χ4n) is 2.41. The Balaban J connectivity index is 1.45. The molecule has 0 aliphatic rings. The first-order valence-corrected chi connectivity index (χ1v) is 8.28. The normalized spacial score (nSPS) is 10.6. The zero-order valence-electron chi connectivity index (χ0n) is 14.5. The first-order chi connectivity index (χ1) is 13.3. The third-order valence-corrected chi connectivity index (χ3v) is 3.83. The molecule has 0 radical (unpaired) electrons. The summed E-state index contributed by atoms with van der Waals surface area (Å²) in [6, 6.07) is 16.8. The molecule has 4 aromatic rings. The van der Waals surface area contributed by atoms with Crippen LogP contribution in [0.2, 0.25) is 0 Å². The van der Waals surface area contributed by atoms with Crippen molar-refractivity contribution in [2.45, 2.75) is 6.54 Å². The Labute approximate surface area is 155 Å². The number of methoxy groups -OCH3 is 1. The Bertz CT molecular complexity index is 1000. The quantitative estimate of drug-likeness (QED) is 0.560. The van der Waals surface area contributed by atoms with Crippen LogP contribution in [0.5, 0.6) is 5.75 Å². The summed E-state index contributed by atoms with van der Waals surface area (Å²) in [7, 11) is 1.62. The molecule has 0 unspecified atom stereocenters. The van der Waals surface area contributed by atoms with Crippen molar-refractivity contribution < 1.29 is 9.26 Å². The molecule has 0 bridgehead atoms. The van der Waals surface area contributed by atoms with Gasteiger partial charge in [0.1, 0.15) is 11.6 Å². The molecule has 0 spiro atoms. The van der Waals surface area contributed by atoms with Crippen LogP contribution in [0.15, 0.2) is 65.3 Å². The maximum absolute atomic E-state index is 5.31. The molecule has 1 aromatic carbocycles. The molecule has 0 saturated heterocycles. The van der Waals surface area contributed by atoms with Gasteiger partial charge in [-0.2, -0.15) is 4.98 Å². The Morgan fingerprint density at radius 1 is 1.00 bits per heavy atom. The highest BCUT2D eigenvalue weighted by atomic mass is 16.5. The van der Waals surface area contributed by atoms with Gasteiger partial charge in [-0.15, -0.1) is 10.2 Å². The highest BCUT2D eigenvalue weighted by molar-refractivity contribution is 5.59. The zero-order valence-corrected chi connectivity index (χ0v) is 14.5. The Morgan fingerprint density at radius 2 is 1.89 bits per heavy atom. The van der Waals surface area contributed by atoms with E-state index in [4.69, 9.17) is 9.26 Å². The Kier molecular flexibility index (Phi) is 4.69. The number of anilines is 1. The second kappa shape index (κ2) is 7.61. The van der Waals surface area contributed by atoms with Crippen LogP contribution in [0, 0.1) is 0 Å². The van der Waals surface area contributed by atoms with Crippen LogP contribution < -0.4 is 10.1 Å². The molecular weight excluding hydrogens is 344 g/mol. The zero-order chi connectivity index (χ0) is 18.5. The molecule has 0 amide bonds. The van der Waals surface area contributed by atoms with Crippen molar-refractivity contribution >= 4 is 5.82 Å². The van der Waals surface area contributed by atoms with Gasteiger partial charge < -0.3 is 14.6 Å². The summed E-state index contributed by atoms with van der Waals surface area (Å²) in [5.41, 5.74) is 2.25. The second-order valence-electron chi connectivity index (χ2n) is 5.63. The van der Waals surface area contributed by atoms with Gasteiger partial charge in [-0.05, 0) is 48.5 Å². The lowest BCUT2D eigenvalue weighted by Crippen LogP contribution is -2.03. The molecule has 0 aliphatic carbocycles. The molecule has 3 aromatic heterocycles. The topological polar surface area (TPSA) is 98.9 Å². The van der Waals surface area contributed by atoms with E-state index in [2.05, 4.69) is 30.6 Å². The van der Waals surface area contributed by atoms with E-state index in [0.29, 0.717) is 29.8 Å². The summed E-state index contributed by atoms with van der Waals surface area (Å²) in [6.07, 6.45) is 1.75. The van der Waals surface area contributed by atoms with Crippen molar-refractivity contribution in [1.82, 2.24) is 25.3 Å². The average molecular weight is 360 g/mol. The molecular formula is C19H16N6O2. The lowest BCUT2D eigenvalue weighted by Gasteiger charge is -2.04. The predicted molar refractivity (Wildman–Crippen MR) is 98.9 cm³/mol. The maximum atomic E-state index is 5.31. The number of ether oxygens (including phenoxy) is 1. The number of rotatable bonds is 6. The summed E-state index contributed by atoms with van der Waals surface area (Å²) in [5, 5.41) is 15.5. The lowest BCUT2D eigenvalue weighted by molar-refractivity contribution is 0.414. The largest absolute Gasteiger partial charge is 0.497 e. The van der Waals surface area contributed by atoms with Crippen molar-refractivity contribution in [2.75, 3.05) is 12.4 Å². The molecule has 3 heterocycles. The van der Waals surface area contributed by atoms with Crippen LogP contribution in [0.25, 0.3) is 23.0 Å². The maximum Gasteiger partial charge on any atom is 0.278 e. The van der Waals surface area contributed by atoms with Gasteiger partial charge in [-0.1, -0.05) is 11.2 Å². The van der Waals surface area contributed by atoms with Gasteiger partial charge in [-0.3, -0.25) is 4.98 Å². The van der Waals surface area contributed by atoms with Gasteiger partial charge in [0.25, 0.3) is 5.89 Å². The van der Waals surface area contributed by atoms with E-state index >= 15 is 0 Å². The van der Waals surface area contributed by atoms with Crippen LogP contribution in [-0.4, -0.2) is 32.4 Å². The van der Waals surface area contributed by atoms with Crippen LogP contribution in [0.1, 0.15) is 5.69 Å². The number of benzene rings is 1. The van der Waals surface area contributed by atoms with Gasteiger partial charge >= 0.3 is 0 Å². The first-order valence-electron chi connectivity index (χ1n) is 8.28. The predicted octanol–water partition coefficient (Wildman–Crippen LogP) is 3.21. The molecule has 0 atom stereocenters. The summed E-state index contributed by atoms with van der Waals surface area (Å²) in [5.74, 6) is 2.19. The third kappa shape index (κ3) is 3.90. The number of nitrogens with zero attached hydrogens (tertiary/aromatic N) is 5. The van der Waals surface area contributed by atoms with Gasteiger partial charge in [-0.25, -0.2) is 0 Å². The molecule has 4 rings (SSSR count). The van der Waals surface area contributed by atoms with E-state index in [1.54, 1.807) is 19.4 Å². The average Bonchev–Trinajstić information content (AvgIpc) is 3.24. The summed E-state index contributed by atoms with van der Waals surface area (Å²) < 4.78 is 10.5. The fourth-order valence-corrected chi connectivity index (χ4v) is 2.41. The van der Waals surface area contributed by atoms with Crippen molar-refractivity contribution in [3.63, 3.8) is 0 Å². The van der Waals surface area contributed by atoms with E-state index in [1.807, 2.05) is 48.5 Å². The van der Waals surface area contributed by atoms with E-state index in [0.717, 1.165) is 17.0 Å². The number of hydrogen-bond donors (Lipinski definition) is 1. The van der Waals surface area contributed by atoms with Gasteiger partial charge in [0.15, 0.2) is 5.69 Å². The number of nitrogens with one attached hydrogen (secondary N) is 1. The van der Waals surface area contributed by atoms with Crippen LogP contribution >= 0.6 is 0 Å². The monoisotopic (exact) mass is 360 g/mol. The number of aromatic nitrogens is 5. The molecule has 8 nitrogen and oxygen atoms in total. The Morgan fingerprint density at radius 3 is 2.59 bits per heavy atom. The lowest BCUT2D eigenvalue weighted by atomic mass is 10.2. The highest BCUT2D eigenvalue weighted by Gasteiger charge is 2.12. The molecule has 0 fully saturated rings. The Hall–Kier alpha value is -3.81. The highest BCUT2D eigenvalue weighted by Crippen LogP contribution is 2.23. The molecule has 1 N–H and O–H groups in total. The molecule has 8 heteroatoms. The summed E-state index contributed by atoms with van der Waals surface area (Å²) >= 11 is 0. The van der Waals surface area contributed by atoms with Crippen LogP contribution in [0.4, 0.5) is 5.82 Å². The van der Waals surface area contributed by atoms with E-state index in [1.165, 1.54) is 0 Å².